The van der Waals surface area contributed by atoms with Crippen LogP contribution in [-0.2, 0) is 0 Å². The van der Waals surface area contributed by atoms with Gasteiger partial charge in [0.15, 0.2) is 5.78 Å². The average Bonchev–Trinajstić information content (AvgIpc) is 2.29. The number of ketones is 1. The van der Waals surface area contributed by atoms with Crippen molar-refractivity contribution in [1.82, 2.24) is 4.98 Å². The molecule has 0 aliphatic heterocycles. The Kier molecular flexibility index (Phi) is 2.64. The van der Waals surface area contributed by atoms with Gasteiger partial charge in [-0.3, -0.25) is 9.78 Å². The van der Waals surface area contributed by atoms with E-state index in [4.69, 9.17) is 5.73 Å². The molecule has 2 rings (SSSR count). The lowest BCUT2D eigenvalue weighted by Crippen LogP contribution is -2.07. The number of anilines is 1. The van der Waals surface area contributed by atoms with Crippen LogP contribution in [0.2, 0.25) is 0 Å². The van der Waals surface area contributed by atoms with Gasteiger partial charge >= 0.3 is 0 Å². The number of nitrogens with two attached hydrogens (primary N) is 1. The Labute approximate surface area is 91.7 Å². The molecule has 2 aromatic rings. The minimum absolute atomic E-state index is 0.00204. The van der Waals surface area contributed by atoms with Crippen LogP contribution in [0, 0.1) is 5.82 Å². The third kappa shape index (κ3) is 1.77. The molecule has 0 fully saturated rings. The van der Waals surface area contributed by atoms with Crippen molar-refractivity contribution < 1.29 is 9.18 Å². The Morgan fingerprint density at radius 3 is 2.62 bits per heavy atom. The molecule has 0 spiro atoms. The molecule has 16 heavy (non-hydrogen) atoms. The number of nitrogens with zero attached hydrogens (tertiary/aromatic N) is 1. The molecule has 0 amide bonds. The summed E-state index contributed by atoms with van der Waals surface area (Å²) in [7, 11) is 0. The van der Waals surface area contributed by atoms with Gasteiger partial charge in [0.1, 0.15) is 5.82 Å². The fourth-order valence-electron chi connectivity index (χ4n) is 1.39. The number of rotatable bonds is 2. The maximum absolute atomic E-state index is 13.4. The van der Waals surface area contributed by atoms with Crippen LogP contribution in [0.25, 0.3) is 0 Å². The van der Waals surface area contributed by atoms with Crippen LogP contribution in [0.15, 0.2) is 42.7 Å². The second-order valence-corrected chi connectivity index (χ2v) is 3.27. The molecule has 0 atom stereocenters. The average molecular weight is 216 g/mol. The molecular weight excluding hydrogens is 207 g/mol. The number of hydrogen-bond donors (Lipinski definition) is 1. The number of carbonyl (C=O) groups excluding carboxylic acids is 1. The molecule has 0 bridgehead atoms. The SMILES string of the molecule is Nc1ccncc1C(=O)c1ccccc1F. The van der Waals surface area contributed by atoms with Gasteiger partial charge in [0.2, 0.25) is 0 Å². The molecule has 0 radical (unpaired) electrons. The maximum atomic E-state index is 13.4. The van der Waals surface area contributed by atoms with Crippen LogP contribution >= 0.6 is 0 Å². The molecular formula is C12H9FN2O. The third-order valence-corrected chi connectivity index (χ3v) is 2.22. The number of benzene rings is 1. The van der Waals surface area contributed by atoms with E-state index in [0.717, 1.165) is 0 Å². The predicted molar refractivity (Wildman–Crippen MR) is 58.5 cm³/mol. The highest BCUT2D eigenvalue weighted by molar-refractivity contribution is 6.11. The highest BCUT2D eigenvalue weighted by Gasteiger charge is 2.15. The zero-order chi connectivity index (χ0) is 11.5. The molecule has 2 N–H and O–H groups in total. The molecule has 1 heterocycles. The van der Waals surface area contributed by atoms with Crippen molar-refractivity contribution in [2.45, 2.75) is 0 Å². The molecule has 0 saturated heterocycles. The Morgan fingerprint density at radius 1 is 1.19 bits per heavy atom. The van der Waals surface area contributed by atoms with E-state index >= 15 is 0 Å². The van der Waals surface area contributed by atoms with Gasteiger partial charge in [-0.15, -0.1) is 0 Å². The smallest absolute Gasteiger partial charge is 0.199 e. The van der Waals surface area contributed by atoms with Crippen LogP contribution in [-0.4, -0.2) is 10.8 Å². The fraction of sp³-hybridized carbons (Fsp3) is 0. The standard InChI is InChI=1S/C12H9FN2O/c13-10-4-2-1-3-8(10)12(16)9-7-15-6-5-11(9)14/h1-7H,(H2,14,15). The van der Waals surface area contributed by atoms with E-state index < -0.39 is 11.6 Å². The summed E-state index contributed by atoms with van der Waals surface area (Å²) < 4.78 is 13.4. The number of halogens is 1. The summed E-state index contributed by atoms with van der Waals surface area (Å²) in [6.07, 6.45) is 2.82. The number of carbonyl (C=O) groups is 1. The van der Waals surface area contributed by atoms with E-state index in [0.29, 0.717) is 5.69 Å². The maximum Gasteiger partial charge on any atom is 0.199 e. The minimum atomic E-state index is -0.559. The molecule has 0 aliphatic carbocycles. The van der Waals surface area contributed by atoms with Crippen molar-refractivity contribution in [2.75, 3.05) is 5.73 Å². The first kappa shape index (κ1) is 10.3. The number of nitrogen functional groups attached to an aromatic ring is 1. The summed E-state index contributed by atoms with van der Waals surface area (Å²) in [4.78, 5) is 15.7. The van der Waals surface area contributed by atoms with Crippen LogP contribution < -0.4 is 5.73 Å². The van der Waals surface area contributed by atoms with E-state index in [1.165, 1.54) is 36.7 Å². The molecule has 1 aromatic heterocycles. The predicted octanol–water partition coefficient (Wildman–Crippen LogP) is 2.03. The van der Waals surface area contributed by atoms with Gasteiger partial charge in [0.25, 0.3) is 0 Å². The Hall–Kier alpha value is -2.23. The number of hydrogen-bond acceptors (Lipinski definition) is 3. The summed E-state index contributed by atoms with van der Waals surface area (Å²) in [5.41, 5.74) is 6.14. The minimum Gasteiger partial charge on any atom is -0.398 e. The summed E-state index contributed by atoms with van der Waals surface area (Å²) in [6, 6.07) is 7.29. The normalized spacial score (nSPS) is 10.1. The topological polar surface area (TPSA) is 56.0 Å². The highest BCUT2D eigenvalue weighted by atomic mass is 19.1. The quantitative estimate of drug-likeness (QED) is 0.781. The second-order valence-electron chi connectivity index (χ2n) is 3.27. The molecule has 4 heteroatoms. The lowest BCUT2D eigenvalue weighted by atomic mass is 10.0. The van der Waals surface area contributed by atoms with Crippen LogP contribution in [0.5, 0.6) is 0 Å². The monoisotopic (exact) mass is 216 g/mol. The van der Waals surface area contributed by atoms with Crippen molar-refractivity contribution in [3.05, 3.63) is 59.7 Å². The van der Waals surface area contributed by atoms with Crippen molar-refractivity contribution in [1.29, 1.82) is 0 Å². The fourth-order valence-corrected chi connectivity index (χ4v) is 1.39. The van der Waals surface area contributed by atoms with Gasteiger partial charge < -0.3 is 5.73 Å². The molecule has 1 aromatic carbocycles. The largest absolute Gasteiger partial charge is 0.398 e. The zero-order valence-electron chi connectivity index (χ0n) is 8.35. The van der Waals surface area contributed by atoms with Gasteiger partial charge in [-0.2, -0.15) is 0 Å². The lowest BCUT2D eigenvalue weighted by molar-refractivity contribution is 0.103. The van der Waals surface area contributed by atoms with Gasteiger partial charge in [-0.05, 0) is 18.2 Å². The summed E-state index contributed by atoms with van der Waals surface area (Å²) in [6.45, 7) is 0. The molecule has 0 unspecified atom stereocenters. The number of aromatic nitrogens is 1. The van der Waals surface area contributed by atoms with Crippen LogP contribution in [0.1, 0.15) is 15.9 Å². The second kappa shape index (κ2) is 4.10. The van der Waals surface area contributed by atoms with Gasteiger partial charge in [0, 0.05) is 18.1 Å². The van der Waals surface area contributed by atoms with Gasteiger partial charge in [-0.25, -0.2) is 4.39 Å². The Morgan fingerprint density at radius 2 is 1.94 bits per heavy atom. The van der Waals surface area contributed by atoms with E-state index in [1.807, 2.05) is 0 Å². The Balaban J connectivity index is 2.48. The highest BCUT2D eigenvalue weighted by Crippen LogP contribution is 2.16. The first-order valence-electron chi connectivity index (χ1n) is 4.69. The van der Waals surface area contributed by atoms with E-state index in [-0.39, 0.29) is 11.1 Å². The first-order chi connectivity index (χ1) is 7.70. The van der Waals surface area contributed by atoms with Gasteiger partial charge in [0.05, 0.1) is 11.1 Å². The number of pyridine rings is 1. The molecule has 0 saturated carbocycles. The van der Waals surface area contributed by atoms with Gasteiger partial charge in [-0.1, -0.05) is 12.1 Å². The van der Waals surface area contributed by atoms with Crippen molar-refractivity contribution in [3.8, 4) is 0 Å². The molecule has 0 aliphatic rings. The summed E-state index contributed by atoms with van der Waals surface area (Å²) in [5, 5.41) is 0. The van der Waals surface area contributed by atoms with Crippen LogP contribution in [0.4, 0.5) is 10.1 Å². The summed E-state index contributed by atoms with van der Waals surface area (Å²) >= 11 is 0. The Bertz CT molecular complexity index is 493. The molecule has 80 valence electrons. The zero-order valence-corrected chi connectivity index (χ0v) is 8.35. The van der Waals surface area contributed by atoms with E-state index in [1.54, 1.807) is 6.07 Å². The lowest BCUT2D eigenvalue weighted by Gasteiger charge is -2.04. The van der Waals surface area contributed by atoms with E-state index in [9.17, 15) is 9.18 Å². The van der Waals surface area contributed by atoms with E-state index in [2.05, 4.69) is 4.98 Å². The molecule has 3 nitrogen and oxygen atoms in total. The third-order valence-electron chi connectivity index (χ3n) is 2.22. The first-order valence-corrected chi connectivity index (χ1v) is 4.69. The van der Waals surface area contributed by atoms with Crippen LogP contribution in [0.3, 0.4) is 0 Å². The van der Waals surface area contributed by atoms with Crippen molar-refractivity contribution in [2.24, 2.45) is 0 Å². The van der Waals surface area contributed by atoms with Crippen molar-refractivity contribution >= 4 is 11.5 Å². The summed E-state index contributed by atoms with van der Waals surface area (Å²) in [5.74, 6) is -1.01. The van der Waals surface area contributed by atoms with Crippen molar-refractivity contribution in [3.63, 3.8) is 0 Å².